The van der Waals surface area contributed by atoms with Crippen LogP contribution in [-0.2, 0) is 27.2 Å². The fourth-order valence-electron chi connectivity index (χ4n) is 3.94. The third-order valence-electron chi connectivity index (χ3n) is 5.28. The number of fused-ring (bicyclic) bond motifs is 1. The van der Waals surface area contributed by atoms with Gasteiger partial charge in [-0.1, -0.05) is 54.1 Å². The molecule has 5 rings (SSSR count). The monoisotopic (exact) mass is 571 g/mol. The molecule has 0 atom stereocenters. The number of hydrogen-bond donors (Lipinski definition) is 0. The molecule has 151 valence electrons. The second kappa shape index (κ2) is 7.98. The van der Waals surface area contributed by atoms with Gasteiger partial charge >= 0.3 is 0 Å². The average molecular weight is 571 g/mol. The van der Waals surface area contributed by atoms with Crippen molar-refractivity contribution in [3.8, 4) is 28.5 Å². The van der Waals surface area contributed by atoms with Crippen molar-refractivity contribution in [1.29, 1.82) is 0 Å². The molecule has 6 heteroatoms. The fourth-order valence-corrected chi connectivity index (χ4v) is 3.94. The molecule has 0 saturated heterocycles. The second-order valence-electron chi connectivity index (χ2n) is 7.18. The first-order valence-corrected chi connectivity index (χ1v) is 9.54. The molecular weight excluding hydrogens is 551 g/mol. The van der Waals surface area contributed by atoms with Crippen molar-refractivity contribution in [2.75, 3.05) is 0 Å². The summed E-state index contributed by atoms with van der Waals surface area (Å²) in [6.07, 6.45) is 1.60. The Morgan fingerprint density at radius 1 is 0.867 bits per heavy atom. The Bertz CT molecular complexity index is 1310. The van der Waals surface area contributed by atoms with E-state index in [2.05, 4.69) is 64.9 Å². The van der Waals surface area contributed by atoms with Crippen LogP contribution in [0, 0.1) is 19.9 Å². The van der Waals surface area contributed by atoms with E-state index in [1.807, 2.05) is 42.1 Å². The number of para-hydroxylation sites is 1. The van der Waals surface area contributed by atoms with E-state index >= 15 is 0 Å². The van der Waals surface area contributed by atoms with E-state index in [0.717, 1.165) is 50.6 Å². The molecule has 0 saturated carbocycles. The van der Waals surface area contributed by atoms with E-state index in [1.165, 1.54) is 0 Å². The molecule has 2 heterocycles. The number of benzene rings is 3. The van der Waals surface area contributed by atoms with Crippen molar-refractivity contribution in [2.24, 2.45) is 7.05 Å². The minimum atomic E-state index is 0. The van der Waals surface area contributed by atoms with Gasteiger partial charge in [0, 0.05) is 38.2 Å². The number of hydrogen-bond acceptors (Lipinski definition) is 3. The molecule has 0 fully saturated rings. The molecule has 0 aliphatic rings. The zero-order chi connectivity index (χ0) is 20.0. The summed E-state index contributed by atoms with van der Waals surface area (Å²) >= 11 is 0. The first kappa shape index (κ1) is 20.2. The predicted octanol–water partition coefficient (Wildman–Crippen LogP) is 4.90. The van der Waals surface area contributed by atoms with Gasteiger partial charge in [-0.3, -0.25) is 9.67 Å². The number of aryl methyl sites for hydroxylation is 3. The van der Waals surface area contributed by atoms with Gasteiger partial charge in [-0.25, -0.2) is 4.98 Å². The summed E-state index contributed by atoms with van der Waals surface area (Å²) in [5.74, 6) is 1.68. The molecular formula is C24H20IrN5-. The Morgan fingerprint density at radius 3 is 2.33 bits per heavy atom. The number of rotatable bonds is 3. The Kier molecular flexibility index (Phi) is 5.37. The molecule has 0 aliphatic heterocycles. The largest absolute Gasteiger partial charge is 0.367 e. The maximum atomic E-state index is 4.88. The Hall–Kier alpha value is -3.08. The number of aromatic nitrogens is 5. The van der Waals surface area contributed by atoms with Gasteiger partial charge in [0.05, 0.1) is 11.5 Å². The molecule has 0 spiro atoms. The minimum Gasteiger partial charge on any atom is -0.367 e. The van der Waals surface area contributed by atoms with Crippen LogP contribution < -0.4 is 0 Å². The van der Waals surface area contributed by atoms with E-state index in [4.69, 9.17) is 4.98 Å². The van der Waals surface area contributed by atoms with Crippen molar-refractivity contribution < 1.29 is 20.1 Å². The van der Waals surface area contributed by atoms with Gasteiger partial charge < -0.3 is 4.57 Å². The fraction of sp³-hybridized carbons (Fsp3) is 0.125. The Morgan fingerprint density at radius 2 is 1.60 bits per heavy atom. The van der Waals surface area contributed by atoms with Crippen molar-refractivity contribution in [1.82, 2.24) is 24.3 Å². The quantitative estimate of drug-likeness (QED) is 0.290. The van der Waals surface area contributed by atoms with Crippen molar-refractivity contribution in [3.05, 3.63) is 84.2 Å². The number of nitrogens with zero attached hydrogens (tertiary/aromatic N) is 5. The van der Waals surface area contributed by atoms with Crippen LogP contribution in [0.2, 0.25) is 0 Å². The van der Waals surface area contributed by atoms with Gasteiger partial charge in [0.2, 0.25) is 0 Å². The van der Waals surface area contributed by atoms with Crippen LogP contribution in [0.25, 0.3) is 39.5 Å². The van der Waals surface area contributed by atoms with Gasteiger partial charge in [-0.15, -0.1) is 18.2 Å². The van der Waals surface area contributed by atoms with Crippen molar-refractivity contribution in [3.63, 3.8) is 0 Å². The summed E-state index contributed by atoms with van der Waals surface area (Å²) in [6.45, 7) is 4.19. The molecule has 0 N–H and O–H groups in total. The SMILES string of the molecule is Cc1cccc(C)c1-n1ncnc1-c1[c-]ccc2nc(-c3ccccc3)n(C)c12.[Ir]. The standard InChI is InChI=1S/C24H20N5.Ir/c1-16-9-7-10-17(2)21(16)29-24(25-15-26-29)19-13-8-14-20-22(19)28(3)23(27-20)18-11-5-4-6-12-18;/h4-12,14-15H,1-3H3;/q-1;. The molecule has 5 aromatic rings. The normalized spacial score (nSPS) is 10.9. The third kappa shape index (κ3) is 3.18. The van der Waals surface area contributed by atoms with E-state index in [0.29, 0.717) is 0 Å². The van der Waals surface area contributed by atoms with E-state index in [-0.39, 0.29) is 20.1 Å². The topological polar surface area (TPSA) is 48.5 Å². The second-order valence-corrected chi connectivity index (χ2v) is 7.18. The first-order chi connectivity index (χ1) is 14.1. The maximum absolute atomic E-state index is 4.88. The molecule has 0 amide bonds. The van der Waals surface area contributed by atoms with Crippen molar-refractivity contribution >= 4 is 11.0 Å². The van der Waals surface area contributed by atoms with E-state index < -0.39 is 0 Å². The Labute approximate surface area is 188 Å². The van der Waals surface area contributed by atoms with Gasteiger partial charge in [0.25, 0.3) is 0 Å². The molecule has 5 nitrogen and oxygen atoms in total. The summed E-state index contributed by atoms with van der Waals surface area (Å²) < 4.78 is 4.02. The summed E-state index contributed by atoms with van der Waals surface area (Å²) in [5.41, 5.74) is 7.23. The van der Waals surface area contributed by atoms with Crippen LogP contribution in [-0.4, -0.2) is 24.3 Å². The summed E-state index contributed by atoms with van der Waals surface area (Å²) in [5, 5.41) is 4.54. The van der Waals surface area contributed by atoms with Crippen molar-refractivity contribution in [2.45, 2.75) is 13.8 Å². The van der Waals surface area contributed by atoms with Crippen LogP contribution in [0.1, 0.15) is 11.1 Å². The average Bonchev–Trinajstić information content (AvgIpc) is 3.34. The zero-order valence-electron chi connectivity index (χ0n) is 16.9. The summed E-state index contributed by atoms with van der Waals surface area (Å²) in [6, 6.07) is 23.7. The number of imidazole rings is 1. The van der Waals surface area contributed by atoms with Crippen LogP contribution in [0.15, 0.2) is 67.0 Å². The van der Waals surface area contributed by atoms with Gasteiger partial charge in [0.15, 0.2) is 0 Å². The third-order valence-corrected chi connectivity index (χ3v) is 5.28. The summed E-state index contributed by atoms with van der Waals surface area (Å²) in [4.78, 5) is 9.47. The smallest absolute Gasteiger partial charge is 0.130 e. The van der Waals surface area contributed by atoms with E-state index in [1.54, 1.807) is 6.33 Å². The van der Waals surface area contributed by atoms with E-state index in [9.17, 15) is 0 Å². The molecule has 30 heavy (non-hydrogen) atoms. The molecule has 0 bridgehead atoms. The van der Waals surface area contributed by atoms with Crippen LogP contribution in [0.4, 0.5) is 0 Å². The maximum Gasteiger partial charge on any atom is 0.130 e. The zero-order valence-corrected chi connectivity index (χ0v) is 19.3. The molecule has 1 radical (unpaired) electrons. The van der Waals surface area contributed by atoms with Gasteiger partial charge in [-0.2, -0.15) is 5.10 Å². The molecule has 2 aromatic heterocycles. The Balaban J connectivity index is 0.00000218. The van der Waals surface area contributed by atoms with Crippen LogP contribution in [0.3, 0.4) is 0 Å². The van der Waals surface area contributed by atoms with Crippen LogP contribution >= 0.6 is 0 Å². The van der Waals surface area contributed by atoms with Gasteiger partial charge in [-0.05, 0) is 30.5 Å². The molecule has 0 aliphatic carbocycles. The van der Waals surface area contributed by atoms with Gasteiger partial charge in [0.1, 0.15) is 12.2 Å². The molecule has 0 unspecified atom stereocenters. The first-order valence-electron chi connectivity index (χ1n) is 9.54. The minimum absolute atomic E-state index is 0. The summed E-state index contributed by atoms with van der Waals surface area (Å²) in [7, 11) is 2.04. The molecule has 3 aromatic carbocycles. The predicted molar refractivity (Wildman–Crippen MR) is 115 cm³/mol. The van der Waals surface area contributed by atoms with Crippen LogP contribution in [0.5, 0.6) is 0 Å².